The Labute approximate surface area is 107 Å². The lowest BCUT2D eigenvalue weighted by Crippen LogP contribution is -2.26. The maximum atomic E-state index is 13.8. The minimum Gasteiger partial charge on any atom is -0.385 e. The lowest BCUT2D eigenvalue weighted by Gasteiger charge is -2.27. The van der Waals surface area contributed by atoms with Crippen LogP contribution in [0.2, 0.25) is 0 Å². The van der Waals surface area contributed by atoms with E-state index in [2.05, 4.69) is 6.92 Å². The Balaban J connectivity index is 2.27. The van der Waals surface area contributed by atoms with Crippen molar-refractivity contribution in [2.75, 3.05) is 0 Å². The summed E-state index contributed by atoms with van der Waals surface area (Å²) in [5.41, 5.74) is -1.07. The maximum absolute atomic E-state index is 13.8. The van der Waals surface area contributed by atoms with Crippen LogP contribution in [0.4, 0.5) is 8.78 Å². The van der Waals surface area contributed by atoms with Gasteiger partial charge in [0.05, 0.1) is 5.60 Å². The number of halogens is 2. The Kier molecular flexibility index (Phi) is 4.00. The molecule has 1 nitrogen and oxygen atoms in total. The van der Waals surface area contributed by atoms with Gasteiger partial charge in [-0.25, -0.2) is 8.78 Å². The van der Waals surface area contributed by atoms with Crippen molar-refractivity contribution in [2.45, 2.75) is 51.0 Å². The molecule has 0 heterocycles. The second kappa shape index (κ2) is 5.35. The predicted octanol–water partition coefficient (Wildman–Crippen LogP) is 4.14. The monoisotopic (exact) mass is 254 g/mol. The van der Waals surface area contributed by atoms with Gasteiger partial charge in [-0.2, -0.15) is 0 Å². The molecule has 0 amide bonds. The minimum absolute atomic E-state index is 0.124. The second-order valence-corrected chi connectivity index (χ2v) is 5.36. The van der Waals surface area contributed by atoms with Crippen LogP contribution in [-0.4, -0.2) is 5.11 Å². The van der Waals surface area contributed by atoms with Gasteiger partial charge in [-0.3, -0.25) is 0 Å². The molecule has 1 aliphatic rings. The van der Waals surface area contributed by atoms with Crippen molar-refractivity contribution in [3.05, 3.63) is 35.4 Å². The van der Waals surface area contributed by atoms with Crippen molar-refractivity contribution in [3.63, 3.8) is 0 Å². The lowest BCUT2D eigenvalue weighted by molar-refractivity contribution is 0.0159. The molecule has 3 heteroatoms. The second-order valence-electron chi connectivity index (χ2n) is 5.36. The van der Waals surface area contributed by atoms with Crippen molar-refractivity contribution in [2.24, 2.45) is 5.92 Å². The Morgan fingerprint density at radius 1 is 1.28 bits per heavy atom. The summed E-state index contributed by atoms with van der Waals surface area (Å²) in [6.07, 6.45) is 4.93. The van der Waals surface area contributed by atoms with E-state index in [9.17, 15) is 13.9 Å². The zero-order valence-electron chi connectivity index (χ0n) is 10.8. The summed E-state index contributed by atoms with van der Waals surface area (Å²) in [4.78, 5) is 0. The van der Waals surface area contributed by atoms with Gasteiger partial charge in [-0.05, 0) is 49.8 Å². The van der Waals surface area contributed by atoms with E-state index in [1.54, 1.807) is 0 Å². The largest absolute Gasteiger partial charge is 0.385 e. The molecule has 1 aromatic carbocycles. The Hall–Kier alpha value is -0.960. The molecule has 0 saturated heterocycles. The lowest BCUT2D eigenvalue weighted by atomic mass is 9.85. The molecule has 100 valence electrons. The van der Waals surface area contributed by atoms with E-state index in [4.69, 9.17) is 0 Å². The van der Waals surface area contributed by atoms with Crippen LogP contribution < -0.4 is 0 Å². The van der Waals surface area contributed by atoms with Crippen molar-refractivity contribution < 1.29 is 13.9 Å². The summed E-state index contributed by atoms with van der Waals surface area (Å²) in [5, 5.41) is 10.6. The summed E-state index contributed by atoms with van der Waals surface area (Å²) < 4.78 is 27.0. The zero-order valence-corrected chi connectivity index (χ0v) is 10.8. The van der Waals surface area contributed by atoms with E-state index >= 15 is 0 Å². The van der Waals surface area contributed by atoms with Crippen LogP contribution in [0, 0.1) is 17.6 Å². The highest BCUT2D eigenvalue weighted by Gasteiger charge is 2.34. The quantitative estimate of drug-likeness (QED) is 0.786. The van der Waals surface area contributed by atoms with E-state index in [0.29, 0.717) is 18.8 Å². The fourth-order valence-electron chi connectivity index (χ4n) is 2.93. The van der Waals surface area contributed by atoms with E-state index in [0.717, 1.165) is 43.9 Å². The minimum atomic E-state index is -1.20. The average Bonchev–Trinajstić information content (AvgIpc) is 2.55. The third kappa shape index (κ3) is 2.72. The fraction of sp³-hybridized carbons (Fsp3) is 0.600. The molecule has 2 unspecified atom stereocenters. The standard InChI is InChI=1S/C15H20F2O/c1-2-11-4-3-8-15(18,9-7-11)13-10-12(16)5-6-14(13)17/h5-6,10-11,18H,2-4,7-9H2,1H3. The van der Waals surface area contributed by atoms with E-state index < -0.39 is 17.2 Å². The number of benzene rings is 1. The first-order valence-corrected chi connectivity index (χ1v) is 6.73. The molecule has 18 heavy (non-hydrogen) atoms. The maximum Gasteiger partial charge on any atom is 0.129 e. The highest BCUT2D eigenvalue weighted by molar-refractivity contribution is 5.25. The third-order valence-electron chi connectivity index (χ3n) is 4.18. The Morgan fingerprint density at radius 3 is 2.78 bits per heavy atom. The number of aliphatic hydroxyl groups is 1. The summed E-state index contributed by atoms with van der Waals surface area (Å²) in [5.74, 6) is -0.402. The third-order valence-corrected chi connectivity index (χ3v) is 4.18. The van der Waals surface area contributed by atoms with Crippen molar-refractivity contribution in [1.82, 2.24) is 0 Å². The molecule has 1 N–H and O–H groups in total. The van der Waals surface area contributed by atoms with Gasteiger partial charge in [-0.15, -0.1) is 0 Å². The first-order chi connectivity index (χ1) is 8.55. The summed E-state index contributed by atoms with van der Waals surface area (Å²) in [6.45, 7) is 2.14. The molecule has 0 spiro atoms. The van der Waals surface area contributed by atoms with Gasteiger partial charge in [0.25, 0.3) is 0 Å². The summed E-state index contributed by atoms with van der Waals surface area (Å²) in [7, 11) is 0. The van der Waals surface area contributed by atoms with Gasteiger partial charge in [0.15, 0.2) is 0 Å². The molecule has 0 bridgehead atoms. The van der Waals surface area contributed by atoms with Gasteiger partial charge >= 0.3 is 0 Å². The average molecular weight is 254 g/mol. The predicted molar refractivity (Wildman–Crippen MR) is 67.1 cm³/mol. The molecule has 0 aromatic heterocycles. The van der Waals surface area contributed by atoms with Crippen LogP contribution in [-0.2, 0) is 5.60 Å². The van der Waals surface area contributed by atoms with Crippen LogP contribution in [0.3, 0.4) is 0 Å². The van der Waals surface area contributed by atoms with Gasteiger partial charge in [0.1, 0.15) is 11.6 Å². The fourth-order valence-corrected chi connectivity index (χ4v) is 2.93. The molecular weight excluding hydrogens is 234 g/mol. The molecule has 1 aliphatic carbocycles. The van der Waals surface area contributed by atoms with Crippen LogP contribution >= 0.6 is 0 Å². The van der Waals surface area contributed by atoms with Crippen molar-refractivity contribution in [3.8, 4) is 0 Å². The van der Waals surface area contributed by atoms with Crippen LogP contribution in [0.25, 0.3) is 0 Å². The number of rotatable bonds is 2. The normalized spacial score (nSPS) is 29.0. The summed E-state index contributed by atoms with van der Waals surface area (Å²) in [6, 6.07) is 3.33. The van der Waals surface area contributed by atoms with Crippen LogP contribution in [0.1, 0.15) is 51.0 Å². The van der Waals surface area contributed by atoms with E-state index in [1.807, 2.05) is 0 Å². The Morgan fingerprint density at radius 2 is 2.06 bits per heavy atom. The topological polar surface area (TPSA) is 20.2 Å². The summed E-state index contributed by atoms with van der Waals surface area (Å²) >= 11 is 0. The molecule has 1 fully saturated rings. The van der Waals surface area contributed by atoms with E-state index in [1.165, 1.54) is 0 Å². The SMILES string of the molecule is CCC1CCCC(O)(c2cc(F)ccc2F)CC1. The first kappa shape index (κ1) is 13.5. The highest BCUT2D eigenvalue weighted by atomic mass is 19.1. The van der Waals surface area contributed by atoms with Crippen molar-refractivity contribution in [1.29, 1.82) is 0 Å². The van der Waals surface area contributed by atoms with Gasteiger partial charge < -0.3 is 5.11 Å². The number of hydrogen-bond acceptors (Lipinski definition) is 1. The molecule has 0 radical (unpaired) electrons. The molecule has 1 saturated carbocycles. The van der Waals surface area contributed by atoms with Gasteiger partial charge in [0, 0.05) is 5.56 Å². The highest BCUT2D eigenvalue weighted by Crippen LogP contribution is 2.39. The molecule has 0 aliphatic heterocycles. The Bertz CT molecular complexity index is 419. The number of hydrogen-bond donors (Lipinski definition) is 1. The first-order valence-electron chi connectivity index (χ1n) is 6.73. The molecule has 1 aromatic rings. The van der Waals surface area contributed by atoms with Gasteiger partial charge in [-0.1, -0.05) is 19.8 Å². The molecular formula is C15H20F2O. The van der Waals surface area contributed by atoms with Gasteiger partial charge in [0.2, 0.25) is 0 Å². The zero-order chi connectivity index (χ0) is 13.2. The van der Waals surface area contributed by atoms with E-state index in [-0.39, 0.29) is 5.56 Å². The smallest absolute Gasteiger partial charge is 0.129 e. The molecule has 2 atom stereocenters. The van der Waals surface area contributed by atoms with Crippen LogP contribution in [0.15, 0.2) is 18.2 Å². The molecule has 2 rings (SSSR count). The van der Waals surface area contributed by atoms with Crippen LogP contribution in [0.5, 0.6) is 0 Å². The van der Waals surface area contributed by atoms with Crippen molar-refractivity contribution >= 4 is 0 Å².